The van der Waals surface area contributed by atoms with Crippen LogP contribution in [0.25, 0.3) is 11.0 Å². The molecule has 1 aliphatic heterocycles. The zero-order valence-corrected chi connectivity index (χ0v) is 21.0. The van der Waals surface area contributed by atoms with E-state index in [4.69, 9.17) is 9.15 Å². The molecule has 0 unspecified atom stereocenters. The first-order chi connectivity index (χ1) is 16.7. The average Bonchev–Trinajstić information content (AvgIpc) is 3.33. The Hall–Kier alpha value is -3.45. The lowest BCUT2D eigenvalue weighted by atomic mass is 9.73. The topological polar surface area (TPSA) is 85.6 Å². The number of dihydropyridines is 1. The van der Waals surface area contributed by atoms with Gasteiger partial charge in [0, 0.05) is 39.7 Å². The number of rotatable bonds is 4. The van der Waals surface area contributed by atoms with Crippen LogP contribution in [0.2, 0.25) is 0 Å². The number of ether oxygens (including phenoxy) is 1. The maximum atomic E-state index is 13.7. The third-order valence-electron chi connectivity index (χ3n) is 6.60. The highest BCUT2D eigenvalue weighted by Gasteiger charge is 2.43. The van der Waals surface area contributed by atoms with Gasteiger partial charge in [-0.05, 0) is 57.7 Å². The first-order valence-corrected chi connectivity index (χ1v) is 12.6. The van der Waals surface area contributed by atoms with Crippen molar-refractivity contribution >= 4 is 34.1 Å². The summed E-state index contributed by atoms with van der Waals surface area (Å²) in [6.07, 6.45) is 2.00. The van der Waals surface area contributed by atoms with Crippen LogP contribution in [0.15, 0.2) is 73.7 Å². The van der Waals surface area contributed by atoms with Gasteiger partial charge in [-0.15, -0.1) is 11.3 Å². The predicted octanol–water partition coefficient (Wildman–Crippen LogP) is 5.48. The summed E-state index contributed by atoms with van der Waals surface area (Å²) >= 11 is 1.63. The quantitative estimate of drug-likeness (QED) is 0.489. The first-order valence-electron chi connectivity index (χ1n) is 11.7. The Balaban J connectivity index is 1.70. The molecule has 6 nitrogen and oxygen atoms in total. The lowest BCUT2D eigenvalue weighted by Crippen LogP contribution is -2.37. The van der Waals surface area contributed by atoms with Gasteiger partial charge in [-0.2, -0.15) is 0 Å². The van der Waals surface area contributed by atoms with Crippen molar-refractivity contribution in [2.24, 2.45) is 0 Å². The molecule has 1 aromatic carbocycles. The molecule has 1 aliphatic carbocycles. The lowest BCUT2D eigenvalue weighted by Gasteiger charge is -2.36. The third kappa shape index (κ3) is 4.14. The fraction of sp³-hybridized carbons (Fsp3) is 0.321. The molecule has 2 atom stereocenters. The zero-order valence-electron chi connectivity index (χ0n) is 20.1. The van der Waals surface area contributed by atoms with Gasteiger partial charge in [-0.25, -0.2) is 4.79 Å². The second-order valence-corrected chi connectivity index (χ2v) is 10.5. The molecule has 5 rings (SSSR count). The molecular formula is C28H27NO5S. The third-order valence-corrected chi connectivity index (χ3v) is 7.64. The number of Topliss-reactive ketones (excluding diaryl/α,β-unsaturated/α-hetero) is 1. The van der Waals surface area contributed by atoms with Gasteiger partial charge in [-0.3, -0.25) is 9.59 Å². The number of ketones is 1. The predicted molar refractivity (Wildman–Crippen MR) is 135 cm³/mol. The van der Waals surface area contributed by atoms with Gasteiger partial charge >= 0.3 is 5.97 Å². The minimum absolute atomic E-state index is 0.0574. The minimum Gasteiger partial charge on any atom is -0.464 e. The Morgan fingerprint density at radius 3 is 2.69 bits per heavy atom. The van der Waals surface area contributed by atoms with E-state index in [0.29, 0.717) is 35.1 Å². The van der Waals surface area contributed by atoms with Crippen LogP contribution in [0.5, 0.6) is 0 Å². The molecule has 2 aliphatic rings. The van der Waals surface area contributed by atoms with Crippen LogP contribution in [0.4, 0.5) is 0 Å². The zero-order chi connectivity index (χ0) is 24.9. The number of aryl methyl sites for hydroxylation is 1. The first kappa shape index (κ1) is 23.3. The standard InChI is InChI=1S/C28H27NO5S/c1-14(2)34-28(32)24-16(4)29-20-11-17(23-6-5-9-35-23)12-21(30)26(20)25(24)19-13-33-22-8-7-15(3)10-18(22)27(19)31/h5-10,13-14,17,25,29H,11-12H2,1-4H3/t17-,25-/m1/s1. The monoisotopic (exact) mass is 489 g/mol. The Morgan fingerprint density at radius 1 is 1.17 bits per heavy atom. The molecule has 0 fully saturated rings. The van der Waals surface area contributed by atoms with Gasteiger partial charge in [0.1, 0.15) is 5.58 Å². The van der Waals surface area contributed by atoms with Crippen LogP contribution in [0, 0.1) is 6.92 Å². The van der Waals surface area contributed by atoms with Crippen molar-refractivity contribution in [1.82, 2.24) is 5.32 Å². The molecular weight excluding hydrogens is 462 g/mol. The van der Waals surface area contributed by atoms with Crippen LogP contribution in [-0.4, -0.2) is 17.9 Å². The Morgan fingerprint density at radius 2 is 1.97 bits per heavy atom. The number of benzene rings is 1. The molecule has 0 radical (unpaired) electrons. The number of nitrogens with one attached hydrogen (secondary N) is 1. The van der Waals surface area contributed by atoms with E-state index in [1.54, 1.807) is 44.2 Å². The van der Waals surface area contributed by atoms with Gasteiger partial charge in [-0.1, -0.05) is 17.7 Å². The Labute approximate surface area is 207 Å². The van der Waals surface area contributed by atoms with E-state index in [-0.39, 0.29) is 34.4 Å². The maximum Gasteiger partial charge on any atom is 0.337 e. The van der Waals surface area contributed by atoms with Crippen LogP contribution in [0.3, 0.4) is 0 Å². The number of fused-ring (bicyclic) bond motifs is 1. The SMILES string of the molecule is CC1=C(C(=O)OC(C)C)[C@@H](c2coc3ccc(C)cc3c2=O)C2=C(C[C@@H](c3cccs3)CC2=O)N1. The van der Waals surface area contributed by atoms with Crippen LogP contribution < -0.4 is 10.7 Å². The summed E-state index contributed by atoms with van der Waals surface area (Å²) in [4.78, 5) is 41.8. The molecule has 180 valence electrons. The van der Waals surface area contributed by atoms with E-state index in [0.717, 1.165) is 16.1 Å². The van der Waals surface area contributed by atoms with Crippen molar-refractivity contribution in [3.05, 3.63) is 90.7 Å². The van der Waals surface area contributed by atoms with E-state index in [2.05, 4.69) is 5.32 Å². The van der Waals surface area contributed by atoms with E-state index >= 15 is 0 Å². The molecule has 1 N–H and O–H groups in total. The molecule has 0 spiro atoms. The molecule has 0 saturated heterocycles. The number of carbonyl (C=O) groups is 2. The summed E-state index contributed by atoms with van der Waals surface area (Å²) in [6, 6.07) is 9.44. The largest absolute Gasteiger partial charge is 0.464 e. The van der Waals surface area contributed by atoms with Crippen molar-refractivity contribution in [2.45, 2.75) is 58.5 Å². The molecule has 3 aromatic rings. The Kier molecular flexibility index (Phi) is 5.97. The number of thiophene rings is 1. The average molecular weight is 490 g/mol. The fourth-order valence-electron chi connectivity index (χ4n) is 5.08. The van der Waals surface area contributed by atoms with Gasteiger partial charge < -0.3 is 14.5 Å². The molecule has 2 aromatic heterocycles. The molecule has 3 heterocycles. The Bertz CT molecular complexity index is 1460. The van der Waals surface area contributed by atoms with E-state index in [1.165, 1.54) is 6.26 Å². The van der Waals surface area contributed by atoms with E-state index in [1.807, 2.05) is 30.5 Å². The summed E-state index contributed by atoms with van der Waals surface area (Å²) in [7, 11) is 0. The van der Waals surface area contributed by atoms with Crippen LogP contribution in [0.1, 0.15) is 61.5 Å². The number of allylic oxidation sites excluding steroid dienone is 3. The summed E-state index contributed by atoms with van der Waals surface area (Å²) < 4.78 is 11.4. The van der Waals surface area contributed by atoms with Crippen molar-refractivity contribution < 1.29 is 18.7 Å². The van der Waals surface area contributed by atoms with Gasteiger partial charge in [0.2, 0.25) is 0 Å². The molecule has 0 bridgehead atoms. The normalized spacial score (nSPS) is 20.3. The second kappa shape index (κ2) is 8.96. The highest BCUT2D eigenvalue weighted by Crippen LogP contribution is 2.46. The van der Waals surface area contributed by atoms with Crippen molar-refractivity contribution in [2.75, 3.05) is 0 Å². The van der Waals surface area contributed by atoms with Crippen LogP contribution in [-0.2, 0) is 14.3 Å². The molecule has 0 saturated carbocycles. The smallest absolute Gasteiger partial charge is 0.337 e. The second-order valence-electron chi connectivity index (χ2n) is 9.51. The van der Waals surface area contributed by atoms with E-state index in [9.17, 15) is 14.4 Å². The summed E-state index contributed by atoms with van der Waals surface area (Å²) in [5, 5.41) is 5.76. The number of hydrogen-bond acceptors (Lipinski definition) is 7. The molecule has 7 heteroatoms. The van der Waals surface area contributed by atoms with Gasteiger partial charge in [0.15, 0.2) is 11.2 Å². The summed E-state index contributed by atoms with van der Waals surface area (Å²) in [6.45, 7) is 7.24. The summed E-state index contributed by atoms with van der Waals surface area (Å²) in [5.74, 6) is -1.41. The number of esters is 1. The minimum atomic E-state index is -0.851. The summed E-state index contributed by atoms with van der Waals surface area (Å²) in [5.41, 5.74) is 3.49. The van der Waals surface area contributed by atoms with Crippen molar-refractivity contribution in [3.8, 4) is 0 Å². The van der Waals surface area contributed by atoms with Gasteiger partial charge in [0.05, 0.1) is 29.2 Å². The highest BCUT2D eigenvalue weighted by molar-refractivity contribution is 7.10. The van der Waals surface area contributed by atoms with Crippen molar-refractivity contribution in [3.63, 3.8) is 0 Å². The van der Waals surface area contributed by atoms with Crippen LogP contribution >= 0.6 is 11.3 Å². The molecule has 35 heavy (non-hydrogen) atoms. The van der Waals surface area contributed by atoms with Gasteiger partial charge in [0.25, 0.3) is 0 Å². The lowest BCUT2D eigenvalue weighted by molar-refractivity contribution is -0.143. The maximum absolute atomic E-state index is 13.7. The number of carbonyl (C=O) groups excluding carboxylic acids is 2. The fourth-order valence-corrected chi connectivity index (χ4v) is 5.91. The van der Waals surface area contributed by atoms with Crippen molar-refractivity contribution in [1.29, 1.82) is 0 Å². The molecule has 0 amide bonds. The highest BCUT2D eigenvalue weighted by atomic mass is 32.1. The van der Waals surface area contributed by atoms with E-state index < -0.39 is 11.9 Å². The number of hydrogen-bond donors (Lipinski definition) is 1.